The van der Waals surface area contributed by atoms with Crippen LogP contribution in [0.1, 0.15) is 37.4 Å². The van der Waals surface area contributed by atoms with Gasteiger partial charge in [0.25, 0.3) is 0 Å². The molecule has 0 aromatic heterocycles. The summed E-state index contributed by atoms with van der Waals surface area (Å²) in [4.78, 5) is 13.0. The van der Waals surface area contributed by atoms with Gasteiger partial charge in [-0.15, -0.1) is 0 Å². The molecule has 0 fully saturated rings. The SMILES string of the molecule is CCC(NC(=O)C(C)N(c1ccc(OC)c(OC)c1)S(C)(=O)=O)c1ccc(C)cc1. The van der Waals surface area contributed by atoms with Gasteiger partial charge in [0.05, 0.1) is 32.2 Å². The van der Waals surface area contributed by atoms with Gasteiger partial charge in [-0.25, -0.2) is 8.42 Å². The fraction of sp³-hybridized carbons (Fsp3) is 0.409. The molecule has 0 saturated heterocycles. The van der Waals surface area contributed by atoms with Crippen LogP contribution in [0, 0.1) is 6.92 Å². The molecule has 30 heavy (non-hydrogen) atoms. The van der Waals surface area contributed by atoms with E-state index in [1.54, 1.807) is 25.1 Å². The zero-order valence-corrected chi connectivity index (χ0v) is 19.1. The highest BCUT2D eigenvalue weighted by Gasteiger charge is 2.31. The van der Waals surface area contributed by atoms with Crippen molar-refractivity contribution in [1.29, 1.82) is 0 Å². The first-order chi connectivity index (χ1) is 14.1. The second kappa shape index (κ2) is 9.84. The van der Waals surface area contributed by atoms with Crippen molar-refractivity contribution in [2.75, 3.05) is 24.8 Å². The zero-order valence-electron chi connectivity index (χ0n) is 18.3. The van der Waals surface area contributed by atoms with Gasteiger partial charge in [-0.3, -0.25) is 9.10 Å². The van der Waals surface area contributed by atoms with Crippen LogP contribution in [-0.4, -0.2) is 40.8 Å². The van der Waals surface area contributed by atoms with E-state index in [0.717, 1.165) is 21.7 Å². The average molecular weight is 435 g/mol. The molecule has 0 saturated carbocycles. The molecule has 0 radical (unpaired) electrons. The van der Waals surface area contributed by atoms with Gasteiger partial charge in [0, 0.05) is 6.07 Å². The lowest BCUT2D eigenvalue weighted by Crippen LogP contribution is -2.48. The number of sulfonamides is 1. The largest absolute Gasteiger partial charge is 0.493 e. The van der Waals surface area contributed by atoms with Gasteiger partial charge in [0.2, 0.25) is 15.9 Å². The van der Waals surface area contributed by atoms with Crippen LogP contribution in [0.3, 0.4) is 0 Å². The predicted molar refractivity (Wildman–Crippen MR) is 119 cm³/mol. The van der Waals surface area contributed by atoms with Gasteiger partial charge >= 0.3 is 0 Å². The van der Waals surface area contributed by atoms with Crippen LogP contribution in [0.4, 0.5) is 5.69 Å². The molecule has 0 bridgehead atoms. The Morgan fingerprint density at radius 1 is 1.07 bits per heavy atom. The number of nitrogens with zero attached hydrogens (tertiary/aromatic N) is 1. The highest BCUT2D eigenvalue weighted by Crippen LogP contribution is 2.33. The first kappa shape index (κ1) is 23.5. The van der Waals surface area contributed by atoms with Crippen molar-refractivity contribution >= 4 is 21.6 Å². The predicted octanol–water partition coefficient (Wildman–Crippen LogP) is 3.43. The Balaban J connectivity index is 2.33. The summed E-state index contributed by atoms with van der Waals surface area (Å²) in [7, 11) is -0.777. The maximum absolute atomic E-state index is 13.0. The summed E-state index contributed by atoms with van der Waals surface area (Å²) in [5.41, 5.74) is 2.42. The number of hydrogen-bond acceptors (Lipinski definition) is 5. The fourth-order valence-corrected chi connectivity index (χ4v) is 4.45. The molecule has 2 rings (SSSR count). The molecular formula is C22H30N2O5S. The van der Waals surface area contributed by atoms with E-state index in [9.17, 15) is 13.2 Å². The molecule has 2 aromatic carbocycles. The quantitative estimate of drug-likeness (QED) is 0.654. The number of benzene rings is 2. The van der Waals surface area contributed by atoms with Crippen molar-refractivity contribution in [3.8, 4) is 11.5 Å². The molecule has 1 N–H and O–H groups in total. The number of carbonyl (C=O) groups excluding carboxylic acids is 1. The highest BCUT2D eigenvalue weighted by atomic mass is 32.2. The second-order valence-corrected chi connectivity index (χ2v) is 9.01. The van der Waals surface area contributed by atoms with Crippen LogP contribution in [0.25, 0.3) is 0 Å². The number of ether oxygens (including phenoxy) is 2. The average Bonchev–Trinajstić information content (AvgIpc) is 2.71. The van der Waals surface area contributed by atoms with Gasteiger partial charge < -0.3 is 14.8 Å². The number of hydrogen-bond donors (Lipinski definition) is 1. The third-order valence-electron chi connectivity index (χ3n) is 4.91. The molecule has 0 spiro atoms. The van der Waals surface area contributed by atoms with Gasteiger partial charge in [-0.2, -0.15) is 0 Å². The van der Waals surface area contributed by atoms with Crippen LogP contribution in [0.5, 0.6) is 11.5 Å². The lowest BCUT2D eigenvalue weighted by Gasteiger charge is -2.30. The van der Waals surface area contributed by atoms with Crippen molar-refractivity contribution < 1.29 is 22.7 Å². The normalized spacial score (nSPS) is 13.3. The van der Waals surface area contributed by atoms with Gasteiger partial charge in [0.1, 0.15) is 6.04 Å². The van der Waals surface area contributed by atoms with Crippen molar-refractivity contribution in [3.63, 3.8) is 0 Å². The van der Waals surface area contributed by atoms with Crippen LogP contribution in [0.2, 0.25) is 0 Å². The number of carbonyl (C=O) groups is 1. The van der Waals surface area contributed by atoms with Crippen LogP contribution in [-0.2, 0) is 14.8 Å². The molecule has 164 valence electrons. The van der Waals surface area contributed by atoms with E-state index in [1.165, 1.54) is 14.2 Å². The van der Waals surface area contributed by atoms with Crippen LogP contribution >= 0.6 is 0 Å². The molecule has 7 nitrogen and oxygen atoms in total. The minimum atomic E-state index is -3.74. The Labute approximate surface area is 179 Å². The van der Waals surface area contributed by atoms with Crippen molar-refractivity contribution in [2.45, 2.75) is 39.3 Å². The number of rotatable bonds is 9. The molecule has 8 heteroatoms. The lowest BCUT2D eigenvalue weighted by atomic mass is 10.0. The van der Waals surface area contributed by atoms with Crippen molar-refractivity contribution in [3.05, 3.63) is 53.6 Å². The molecule has 0 heterocycles. The standard InChI is InChI=1S/C22H30N2O5S/c1-7-19(17-10-8-15(2)9-11-17)23-22(25)16(3)24(30(6,26)27)18-12-13-20(28-4)21(14-18)29-5/h8-14,16,19H,7H2,1-6H3,(H,23,25). The first-order valence-electron chi connectivity index (χ1n) is 9.70. The van der Waals surface area contributed by atoms with Crippen molar-refractivity contribution in [1.82, 2.24) is 5.32 Å². The number of aryl methyl sites for hydroxylation is 1. The Hall–Kier alpha value is -2.74. The molecule has 1 amide bonds. The summed E-state index contributed by atoms with van der Waals surface area (Å²) >= 11 is 0. The smallest absolute Gasteiger partial charge is 0.244 e. The number of nitrogens with one attached hydrogen (secondary N) is 1. The molecule has 2 unspecified atom stereocenters. The van der Waals surface area contributed by atoms with E-state index < -0.39 is 16.1 Å². The Morgan fingerprint density at radius 2 is 1.67 bits per heavy atom. The number of methoxy groups -OCH3 is 2. The number of amides is 1. The van der Waals surface area contributed by atoms with E-state index >= 15 is 0 Å². The Kier molecular flexibility index (Phi) is 7.72. The molecular weight excluding hydrogens is 404 g/mol. The lowest BCUT2D eigenvalue weighted by molar-refractivity contribution is -0.122. The molecule has 2 atom stereocenters. The van der Waals surface area contributed by atoms with E-state index in [2.05, 4.69) is 5.32 Å². The minimum absolute atomic E-state index is 0.215. The van der Waals surface area contributed by atoms with E-state index in [0.29, 0.717) is 23.6 Å². The Bertz CT molecular complexity index is 974. The van der Waals surface area contributed by atoms with E-state index in [4.69, 9.17) is 9.47 Å². The summed E-state index contributed by atoms with van der Waals surface area (Å²) < 4.78 is 36.7. The number of anilines is 1. The summed E-state index contributed by atoms with van der Waals surface area (Å²) in [6, 6.07) is 11.5. The van der Waals surface area contributed by atoms with Gasteiger partial charge in [-0.05, 0) is 38.0 Å². The first-order valence-corrected chi connectivity index (χ1v) is 11.6. The van der Waals surface area contributed by atoms with Crippen LogP contribution in [0.15, 0.2) is 42.5 Å². The third-order valence-corrected chi connectivity index (χ3v) is 6.16. The Morgan fingerprint density at radius 3 is 2.17 bits per heavy atom. The monoisotopic (exact) mass is 434 g/mol. The van der Waals surface area contributed by atoms with Gasteiger partial charge in [-0.1, -0.05) is 36.8 Å². The second-order valence-electron chi connectivity index (χ2n) is 7.15. The zero-order chi connectivity index (χ0) is 22.5. The maximum atomic E-state index is 13.0. The third kappa shape index (κ3) is 5.44. The summed E-state index contributed by atoms with van der Waals surface area (Å²) in [6.45, 7) is 5.53. The fourth-order valence-electron chi connectivity index (χ4n) is 3.28. The van der Waals surface area contributed by atoms with E-state index in [-0.39, 0.29) is 11.9 Å². The maximum Gasteiger partial charge on any atom is 0.244 e. The summed E-state index contributed by atoms with van der Waals surface area (Å²) in [5, 5.41) is 2.97. The molecule has 0 aliphatic rings. The molecule has 2 aromatic rings. The van der Waals surface area contributed by atoms with Gasteiger partial charge in [0.15, 0.2) is 11.5 Å². The molecule has 0 aliphatic carbocycles. The summed E-state index contributed by atoms with van der Waals surface area (Å²) in [5.74, 6) is 0.460. The topological polar surface area (TPSA) is 84.9 Å². The summed E-state index contributed by atoms with van der Waals surface area (Å²) in [6.07, 6.45) is 1.75. The minimum Gasteiger partial charge on any atom is -0.493 e. The molecule has 0 aliphatic heterocycles. The highest BCUT2D eigenvalue weighted by molar-refractivity contribution is 7.92. The van der Waals surface area contributed by atoms with E-state index in [1.807, 2.05) is 38.1 Å². The van der Waals surface area contributed by atoms with Crippen LogP contribution < -0.4 is 19.1 Å². The van der Waals surface area contributed by atoms with Crippen molar-refractivity contribution in [2.24, 2.45) is 0 Å².